The van der Waals surface area contributed by atoms with Gasteiger partial charge >= 0.3 is 11.9 Å². The van der Waals surface area contributed by atoms with Crippen molar-refractivity contribution in [1.82, 2.24) is 10.2 Å². The molecule has 1 heterocycles. The topological polar surface area (TPSA) is 142 Å². The molecule has 9 heteroatoms. The molecule has 0 aliphatic carbocycles. The molecule has 1 fully saturated rings. The first-order valence-corrected chi connectivity index (χ1v) is 9.27. The van der Waals surface area contributed by atoms with Gasteiger partial charge in [-0.3, -0.25) is 19.3 Å². The Morgan fingerprint density at radius 3 is 2.39 bits per heavy atom. The number of piperidine rings is 1. The first kappa shape index (κ1) is 21.6. The van der Waals surface area contributed by atoms with E-state index in [0.717, 1.165) is 5.56 Å². The summed E-state index contributed by atoms with van der Waals surface area (Å²) in [6.45, 7) is 1.93. The molecule has 0 aromatic heterocycles. The minimum absolute atomic E-state index is 0.0171. The van der Waals surface area contributed by atoms with Crippen LogP contribution in [0.2, 0.25) is 0 Å². The summed E-state index contributed by atoms with van der Waals surface area (Å²) in [6, 6.07) is 6.08. The summed E-state index contributed by atoms with van der Waals surface area (Å²) < 4.78 is 5.58. The van der Waals surface area contributed by atoms with Gasteiger partial charge in [0.25, 0.3) is 0 Å². The van der Waals surface area contributed by atoms with Gasteiger partial charge in [0.2, 0.25) is 5.91 Å². The molecule has 1 aromatic rings. The summed E-state index contributed by atoms with van der Waals surface area (Å²) in [5.74, 6) is -1.38. The molecule has 1 aromatic carbocycles. The van der Waals surface area contributed by atoms with E-state index in [-0.39, 0.29) is 24.8 Å². The standard InChI is InChI=1S/C19H27N3O6/c20-16(19(26)27)11-13-1-3-15(4-2-13)28-10-7-21-18(25)14-5-8-22(9-6-14)12-17(23)24/h1-4,14,16H,5-12,20H2,(H,21,25)(H,23,24)(H,26,27)/t16-/m0/s1. The van der Waals surface area contributed by atoms with Gasteiger partial charge < -0.3 is 26.0 Å². The second-order valence-corrected chi connectivity index (χ2v) is 6.88. The second kappa shape index (κ2) is 10.6. The average molecular weight is 393 g/mol. The van der Waals surface area contributed by atoms with Gasteiger partial charge in [-0.2, -0.15) is 0 Å². The second-order valence-electron chi connectivity index (χ2n) is 6.88. The number of amides is 1. The van der Waals surface area contributed by atoms with Crippen molar-refractivity contribution in [1.29, 1.82) is 0 Å². The maximum absolute atomic E-state index is 12.2. The Morgan fingerprint density at radius 1 is 1.18 bits per heavy atom. The largest absolute Gasteiger partial charge is 0.492 e. The van der Waals surface area contributed by atoms with E-state index >= 15 is 0 Å². The molecule has 2 rings (SSSR count). The van der Waals surface area contributed by atoms with E-state index in [2.05, 4.69) is 5.32 Å². The van der Waals surface area contributed by atoms with E-state index < -0.39 is 18.0 Å². The van der Waals surface area contributed by atoms with Crippen LogP contribution in [0.1, 0.15) is 18.4 Å². The molecule has 28 heavy (non-hydrogen) atoms. The molecule has 0 radical (unpaired) electrons. The lowest BCUT2D eigenvalue weighted by Gasteiger charge is -2.29. The number of hydrogen-bond donors (Lipinski definition) is 4. The molecule has 5 N–H and O–H groups in total. The van der Waals surface area contributed by atoms with Gasteiger partial charge in [-0.1, -0.05) is 12.1 Å². The van der Waals surface area contributed by atoms with Crippen LogP contribution in [-0.4, -0.2) is 71.8 Å². The Bertz CT molecular complexity index is 671. The van der Waals surface area contributed by atoms with Crippen molar-refractivity contribution in [3.05, 3.63) is 29.8 Å². The molecule has 1 aliphatic rings. The van der Waals surface area contributed by atoms with E-state index in [1.54, 1.807) is 24.3 Å². The number of carbonyl (C=O) groups is 3. The third-order valence-electron chi connectivity index (χ3n) is 4.68. The average Bonchev–Trinajstić information content (AvgIpc) is 2.66. The molecule has 154 valence electrons. The normalized spacial score (nSPS) is 16.3. The number of aliphatic carboxylic acids is 2. The molecule has 1 amide bonds. The van der Waals surface area contributed by atoms with Crippen LogP contribution in [-0.2, 0) is 20.8 Å². The molecule has 1 aliphatic heterocycles. The molecule has 1 saturated heterocycles. The number of nitrogens with two attached hydrogens (primary N) is 1. The summed E-state index contributed by atoms with van der Waals surface area (Å²) in [7, 11) is 0. The SMILES string of the molecule is N[C@@H](Cc1ccc(OCCNC(=O)C2CCN(CC(=O)O)CC2)cc1)C(=O)O. The fourth-order valence-electron chi connectivity index (χ4n) is 3.10. The summed E-state index contributed by atoms with van der Waals surface area (Å²) in [5.41, 5.74) is 6.31. The number of benzene rings is 1. The van der Waals surface area contributed by atoms with Gasteiger partial charge in [0.15, 0.2) is 0 Å². The zero-order chi connectivity index (χ0) is 20.5. The summed E-state index contributed by atoms with van der Waals surface area (Å²) in [4.78, 5) is 35.5. The summed E-state index contributed by atoms with van der Waals surface area (Å²) >= 11 is 0. The van der Waals surface area contributed by atoms with E-state index in [0.29, 0.717) is 44.8 Å². The minimum Gasteiger partial charge on any atom is -0.492 e. The van der Waals surface area contributed by atoms with Crippen LogP contribution in [0.15, 0.2) is 24.3 Å². The van der Waals surface area contributed by atoms with Crippen LogP contribution in [0.4, 0.5) is 0 Å². The number of nitrogens with one attached hydrogen (secondary N) is 1. The molecular weight excluding hydrogens is 366 g/mol. The maximum Gasteiger partial charge on any atom is 0.320 e. The maximum atomic E-state index is 12.2. The zero-order valence-corrected chi connectivity index (χ0v) is 15.7. The Kier molecular flexibility index (Phi) is 8.21. The number of carboxylic acid groups (broad SMARTS) is 2. The molecule has 9 nitrogen and oxygen atoms in total. The lowest BCUT2D eigenvalue weighted by molar-refractivity contribution is -0.139. The Balaban J connectivity index is 1.64. The van der Waals surface area contributed by atoms with Gasteiger partial charge in [-0.25, -0.2) is 0 Å². The Morgan fingerprint density at radius 2 is 1.82 bits per heavy atom. The lowest BCUT2D eigenvalue weighted by Crippen LogP contribution is -2.42. The summed E-state index contributed by atoms with van der Waals surface area (Å²) in [5, 5.41) is 20.5. The first-order chi connectivity index (χ1) is 13.3. The quantitative estimate of drug-likeness (QED) is 0.405. The van der Waals surface area contributed by atoms with Crippen molar-refractivity contribution >= 4 is 17.8 Å². The van der Waals surface area contributed by atoms with Gasteiger partial charge in [0.1, 0.15) is 18.4 Å². The van der Waals surface area contributed by atoms with Crippen molar-refractivity contribution in [3.63, 3.8) is 0 Å². The highest BCUT2D eigenvalue weighted by Gasteiger charge is 2.25. The fourth-order valence-corrected chi connectivity index (χ4v) is 3.10. The van der Waals surface area contributed by atoms with Crippen molar-refractivity contribution in [3.8, 4) is 5.75 Å². The minimum atomic E-state index is -1.04. The van der Waals surface area contributed by atoms with E-state index in [9.17, 15) is 14.4 Å². The van der Waals surface area contributed by atoms with E-state index in [4.69, 9.17) is 20.7 Å². The van der Waals surface area contributed by atoms with Gasteiger partial charge in [-0.05, 0) is 50.0 Å². The third kappa shape index (κ3) is 7.16. The van der Waals surface area contributed by atoms with Crippen LogP contribution in [0, 0.1) is 5.92 Å². The predicted octanol–water partition coefficient (Wildman–Crippen LogP) is -0.0674. The Hall–Kier alpha value is -2.65. The van der Waals surface area contributed by atoms with Crippen LogP contribution in [0.5, 0.6) is 5.75 Å². The number of rotatable bonds is 10. The highest BCUT2D eigenvalue weighted by molar-refractivity contribution is 5.78. The lowest BCUT2D eigenvalue weighted by atomic mass is 9.96. The molecule has 0 bridgehead atoms. The number of likely N-dealkylation sites (tertiary alicyclic amines) is 1. The van der Waals surface area contributed by atoms with Crippen LogP contribution < -0.4 is 15.8 Å². The summed E-state index contributed by atoms with van der Waals surface area (Å²) in [6.07, 6.45) is 1.55. The number of hydrogen-bond acceptors (Lipinski definition) is 6. The first-order valence-electron chi connectivity index (χ1n) is 9.27. The number of carbonyl (C=O) groups excluding carboxylic acids is 1. The van der Waals surface area contributed by atoms with Crippen LogP contribution in [0.25, 0.3) is 0 Å². The van der Waals surface area contributed by atoms with E-state index in [1.807, 2.05) is 4.90 Å². The van der Waals surface area contributed by atoms with Crippen molar-refractivity contribution < 1.29 is 29.3 Å². The van der Waals surface area contributed by atoms with E-state index in [1.165, 1.54) is 0 Å². The van der Waals surface area contributed by atoms with Gasteiger partial charge in [0.05, 0.1) is 13.1 Å². The molecule has 1 atom stereocenters. The van der Waals surface area contributed by atoms with Crippen LogP contribution in [0.3, 0.4) is 0 Å². The van der Waals surface area contributed by atoms with Crippen LogP contribution >= 0.6 is 0 Å². The monoisotopic (exact) mass is 393 g/mol. The van der Waals surface area contributed by atoms with Crippen molar-refractivity contribution in [2.24, 2.45) is 11.7 Å². The zero-order valence-electron chi connectivity index (χ0n) is 15.7. The Labute approximate surface area is 163 Å². The predicted molar refractivity (Wildman–Crippen MR) is 101 cm³/mol. The van der Waals surface area contributed by atoms with Gasteiger partial charge in [0, 0.05) is 5.92 Å². The number of ether oxygens (including phenoxy) is 1. The molecule has 0 unspecified atom stereocenters. The van der Waals surface area contributed by atoms with Gasteiger partial charge in [-0.15, -0.1) is 0 Å². The number of nitrogens with zero attached hydrogens (tertiary/aromatic N) is 1. The fraction of sp³-hybridized carbons (Fsp3) is 0.526. The molecule has 0 spiro atoms. The third-order valence-corrected chi connectivity index (χ3v) is 4.68. The molecular formula is C19H27N3O6. The highest BCUT2D eigenvalue weighted by atomic mass is 16.5. The highest BCUT2D eigenvalue weighted by Crippen LogP contribution is 2.17. The van der Waals surface area contributed by atoms with Crippen molar-refractivity contribution in [2.45, 2.75) is 25.3 Å². The van der Waals surface area contributed by atoms with Crippen molar-refractivity contribution in [2.75, 3.05) is 32.8 Å². The number of carboxylic acids is 2. The molecule has 0 saturated carbocycles. The smallest absolute Gasteiger partial charge is 0.320 e.